The number of allylic oxidation sites excluding steroid dienone is 2. The van der Waals surface area contributed by atoms with Crippen molar-refractivity contribution in [2.24, 2.45) is 17.8 Å². The number of carbonyl (C=O) groups excluding carboxylic acids is 3. The Morgan fingerprint density at radius 1 is 1.13 bits per heavy atom. The summed E-state index contributed by atoms with van der Waals surface area (Å²) in [5, 5.41) is 2.90. The number of imide groups is 1. The minimum Gasteiger partial charge on any atom is -0.352 e. The van der Waals surface area contributed by atoms with E-state index in [0.717, 1.165) is 24.2 Å². The second-order valence-electron chi connectivity index (χ2n) is 7.21. The minimum absolute atomic E-state index is 0.0676. The van der Waals surface area contributed by atoms with E-state index in [1.54, 1.807) is 0 Å². The number of amides is 3. The van der Waals surface area contributed by atoms with Crippen LogP contribution in [0.15, 0.2) is 12.2 Å². The first kappa shape index (κ1) is 17.7. The molecule has 1 saturated heterocycles. The number of nitrogens with one attached hydrogen (secondary N) is 1. The Bertz CT molecular complexity index is 472. The van der Waals surface area contributed by atoms with Crippen LogP contribution in [0.5, 0.6) is 0 Å². The zero-order chi connectivity index (χ0) is 17.0. The van der Waals surface area contributed by atoms with Crippen LogP contribution in [0.2, 0.25) is 0 Å². The number of rotatable bonds is 7. The first-order valence-corrected chi connectivity index (χ1v) is 8.69. The zero-order valence-electron chi connectivity index (χ0n) is 14.4. The molecule has 23 heavy (non-hydrogen) atoms. The SMILES string of the molecule is CC(C)CCC[C@H](C)NC(=O)CN1C(=O)[C@H]2CC=CC[C@H]2C1=O. The lowest BCUT2D eigenvalue weighted by Gasteiger charge is -2.18. The number of carbonyl (C=O) groups is 3. The molecule has 128 valence electrons. The molecule has 1 aliphatic heterocycles. The van der Waals surface area contributed by atoms with Gasteiger partial charge in [0, 0.05) is 6.04 Å². The van der Waals surface area contributed by atoms with Crippen LogP contribution in [0.1, 0.15) is 52.9 Å². The summed E-state index contributed by atoms with van der Waals surface area (Å²) in [5.41, 5.74) is 0. The van der Waals surface area contributed by atoms with Gasteiger partial charge in [-0.05, 0) is 32.1 Å². The minimum atomic E-state index is -0.260. The van der Waals surface area contributed by atoms with Crippen molar-refractivity contribution in [2.45, 2.75) is 58.9 Å². The fraction of sp³-hybridized carbons (Fsp3) is 0.722. The molecule has 1 aliphatic carbocycles. The van der Waals surface area contributed by atoms with E-state index in [0.29, 0.717) is 18.8 Å². The maximum atomic E-state index is 12.3. The normalized spacial score (nSPS) is 25.0. The highest BCUT2D eigenvalue weighted by Crippen LogP contribution is 2.34. The van der Waals surface area contributed by atoms with Crippen LogP contribution < -0.4 is 5.32 Å². The monoisotopic (exact) mass is 320 g/mol. The van der Waals surface area contributed by atoms with Gasteiger partial charge >= 0.3 is 0 Å². The van der Waals surface area contributed by atoms with Crippen molar-refractivity contribution in [2.75, 3.05) is 6.54 Å². The lowest BCUT2D eigenvalue weighted by atomic mass is 9.85. The fourth-order valence-electron chi connectivity index (χ4n) is 3.39. The Labute approximate surface area is 138 Å². The quantitative estimate of drug-likeness (QED) is 0.578. The average Bonchev–Trinajstić information content (AvgIpc) is 2.72. The second-order valence-corrected chi connectivity index (χ2v) is 7.21. The highest BCUT2D eigenvalue weighted by molar-refractivity contribution is 6.07. The van der Waals surface area contributed by atoms with Gasteiger partial charge in [-0.15, -0.1) is 0 Å². The van der Waals surface area contributed by atoms with Crippen LogP contribution in [-0.2, 0) is 14.4 Å². The van der Waals surface area contributed by atoms with Crippen molar-refractivity contribution in [1.82, 2.24) is 10.2 Å². The lowest BCUT2D eigenvalue weighted by molar-refractivity contribution is -0.143. The molecule has 1 fully saturated rings. The van der Waals surface area contributed by atoms with Gasteiger partial charge in [0.15, 0.2) is 0 Å². The molecule has 2 rings (SSSR count). The van der Waals surface area contributed by atoms with Crippen LogP contribution in [-0.4, -0.2) is 35.2 Å². The largest absolute Gasteiger partial charge is 0.352 e. The average molecular weight is 320 g/mol. The molecule has 0 saturated carbocycles. The van der Waals surface area contributed by atoms with Gasteiger partial charge in [-0.25, -0.2) is 0 Å². The van der Waals surface area contributed by atoms with Crippen molar-refractivity contribution < 1.29 is 14.4 Å². The van der Waals surface area contributed by atoms with Crippen LogP contribution in [0.3, 0.4) is 0 Å². The molecule has 0 bridgehead atoms. The maximum Gasteiger partial charge on any atom is 0.240 e. The van der Waals surface area contributed by atoms with Crippen molar-refractivity contribution in [1.29, 1.82) is 0 Å². The predicted molar refractivity (Wildman–Crippen MR) is 88.4 cm³/mol. The highest BCUT2D eigenvalue weighted by Gasteiger charge is 2.47. The van der Waals surface area contributed by atoms with Crippen LogP contribution in [0.4, 0.5) is 0 Å². The maximum absolute atomic E-state index is 12.3. The van der Waals surface area contributed by atoms with E-state index >= 15 is 0 Å². The number of hydrogen-bond acceptors (Lipinski definition) is 3. The molecule has 5 nitrogen and oxygen atoms in total. The Kier molecular flexibility index (Phi) is 5.97. The van der Waals surface area contributed by atoms with Crippen molar-refractivity contribution in [3.63, 3.8) is 0 Å². The van der Waals surface area contributed by atoms with Crippen LogP contribution in [0.25, 0.3) is 0 Å². The molecule has 2 aliphatic rings. The van der Waals surface area contributed by atoms with Gasteiger partial charge in [0.2, 0.25) is 17.7 Å². The van der Waals surface area contributed by atoms with E-state index < -0.39 is 0 Å². The Balaban J connectivity index is 1.81. The van der Waals surface area contributed by atoms with E-state index in [9.17, 15) is 14.4 Å². The van der Waals surface area contributed by atoms with Gasteiger partial charge in [-0.3, -0.25) is 19.3 Å². The summed E-state index contributed by atoms with van der Waals surface area (Å²) in [6.45, 7) is 6.19. The third-order valence-corrected chi connectivity index (χ3v) is 4.73. The molecule has 3 amide bonds. The van der Waals surface area contributed by atoms with Crippen molar-refractivity contribution in [3.05, 3.63) is 12.2 Å². The summed E-state index contributed by atoms with van der Waals surface area (Å²) < 4.78 is 0. The third-order valence-electron chi connectivity index (χ3n) is 4.73. The van der Waals surface area contributed by atoms with E-state index in [2.05, 4.69) is 19.2 Å². The topological polar surface area (TPSA) is 66.5 Å². The molecule has 5 heteroatoms. The molecular formula is C18H28N2O3. The van der Waals surface area contributed by atoms with Gasteiger partial charge < -0.3 is 5.32 Å². The standard InChI is InChI=1S/C18H28N2O3/c1-12(2)7-6-8-13(3)19-16(21)11-20-17(22)14-9-4-5-10-15(14)18(20)23/h4-5,12-15H,6-11H2,1-3H3,(H,19,21)/t13-,14-,15+/m0/s1. The summed E-state index contributed by atoms with van der Waals surface area (Å²) in [6, 6.07) is 0.0676. The second kappa shape index (κ2) is 7.75. The molecule has 0 unspecified atom stereocenters. The Morgan fingerprint density at radius 3 is 2.22 bits per heavy atom. The number of hydrogen-bond donors (Lipinski definition) is 1. The van der Waals surface area contributed by atoms with E-state index in [-0.39, 0.29) is 42.1 Å². The van der Waals surface area contributed by atoms with Gasteiger partial charge in [-0.2, -0.15) is 0 Å². The van der Waals surface area contributed by atoms with Gasteiger partial charge in [0.1, 0.15) is 6.54 Å². The first-order valence-electron chi connectivity index (χ1n) is 8.69. The molecule has 1 N–H and O–H groups in total. The lowest BCUT2D eigenvalue weighted by Crippen LogP contribution is -2.43. The van der Waals surface area contributed by atoms with Crippen molar-refractivity contribution in [3.8, 4) is 0 Å². The third kappa shape index (κ3) is 4.43. The summed E-state index contributed by atoms with van der Waals surface area (Å²) in [4.78, 5) is 37.9. The van der Waals surface area contributed by atoms with Gasteiger partial charge in [0.05, 0.1) is 11.8 Å². The number of likely N-dealkylation sites (tertiary alicyclic amines) is 1. The fourth-order valence-corrected chi connectivity index (χ4v) is 3.39. The highest BCUT2D eigenvalue weighted by atomic mass is 16.2. The van der Waals surface area contributed by atoms with Gasteiger partial charge in [0.25, 0.3) is 0 Å². The van der Waals surface area contributed by atoms with Gasteiger partial charge in [-0.1, -0.05) is 38.8 Å². The molecule has 0 aromatic heterocycles. The number of fused-ring (bicyclic) bond motifs is 1. The molecular weight excluding hydrogens is 292 g/mol. The van der Waals surface area contributed by atoms with Crippen molar-refractivity contribution >= 4 is 17.7 Å². The van der Waals surface area contributed by atoms with Crippen LogP contribution >= 0.6 is 0 Å². The summed E-state index contributed by atoms with van der Waals surface area (Å²) in [7, 11) is 0. The predicted octanol–water partition coefficient (Wildman–Crippen LogP) is 2.27. The number of nitrogens with zero attached hydrogens (tertiary/aromatic N) is 1. The summed E-state index contributed by atoms with van der Waals surface area (Å²) in [6.07, 6.45) is 8.24. The summed E-state index contributed by atoms with van der Waals surface area (Å²) in [5.74, 6) is -0.475. The van der Waals surface area contributed by atoms with E-state index in [4.69, 9.17) is 0 Å². The Morgan fingerprint density at radius 2 is 1.70 bits per heavy atom. The molecule has 3 atom stereocenters. The summed E-state index contributed by atoms with van der Waals surface area (Å²) >= 11 is 0. The molecule has 0 aromatic rings. The molecule has 1 heterocycles. The van der Waals surface area contributed by atoms with E-state index in [1.807, 2.05) is 19.1 Å². The molecule has 0 spiro atoms. The van der Waals surface area contributed by atoms with Crippen LogP contribution in [0, 0.1) is 17.8 Å². The first-order chi connectivity index (χ1) is 10.9. The zero-order valence-corrected chi connectivity index (χ0v) is 14.4. The smallest absolute Gasteiger partial charge is 0.240 e. The Hall–Kier alpha value is -1.65. The molecule has 0 aromatic carbocycles. The molecule has 0 radical (unpaired) electrons. The van der Waals surface area contributed by atoms with E-state index in [1.165, 1.54) is 0 Å².